The maximum absolute atomic E-state index is 12.4. The Bertz CT molecular complexity index is 1130. The predicted molar refractivity (Wildman–Crippen MR) is 110 cm³/mol. The summed E-state index contributed by atoms with van der Waals surface area (Å²) in [5.41, 5.74) is 0.783. The van der Waals surface area contributed by atoms with Crippen molar-refractivity contribution in [3.8, 4) is 16.5 Å². The molecule has 2 aromatic carbocycles. The van der Waals surface area contributed by atoms with E-state index in [1.54, 1.807) is 54.6 Å². The zero-order valence-corrected chi connectivity index (χ0v) is 15.8. The van der Waals surface area contributed by atoms with Gasteiger partial charge in [0, 0.05) is 15.8 Å². The summed E-state index contributed by atoms with van der Waals surface area (Å²) in [6.07, 6.45) is 1.44. The number of nitro groups is 1. The Morgan fingerprint density at radius 2 is 1.86 bits per heavy atom. The number of rotatable bonds is 5. The molecule has 6 nitrogen and oxygen atoms in total. The molecule has 0 aliphatic heterocycles. The Hall–Kier alpha value is -3.47. The molecule has 1 amide bonds. The quantitative estimate of drug-likeness (QED) is 0.259. The molecule has 28 heavy (non-hydrogen) atoms. The Labute approximate surface area is 169 Å². The van der Waals surface area contributed by atoms with Gasteiger partial charge in [-0.1, -0.05) is 35.9 Å². The number of amides is 1. The maximum atomic E-state index is 12.4. The van der Waals surface area contributed by atoms with Crippen molar-refractivity contribution in [3.05, 3.63) is 86.3 Å². The van der Waals surface area contributed by atoms with E-state index in [4.69, 9.17) is 11.6 Å². The fraction of sp³-hybridized carbons (Fsp3) is 0. The molecule has 0 saturated heterocycles. The standard InChI is InChI=1S/C20H12ClN3O3S/c21-16-6-2-3-7-17(16)23-20(25)13(12-22)11-14-9-10-19(28-14)15-5-1-4-8-18(15)24(26)27/h1-11H,(H,23,25)/b13-11+. The molecule has 1 heterocycles. The van der Waals surface area contributed by atoms with Crippen LogP contribution in [0.2, 0.25) is 5.02 Å². The van der Waals surface area contributed by atoms with Crippen molar-refractivity contribution in [2.45, 2.75) is 0 Å². The fourth-order valence-electron chi connectivity index (χ4n) is 2.46. The third kappa shape index (κ3) is 4.26. The van der Waals surface area contributed by atoms with Crippen molar-refractivity contribution in [1.29, 1.82) is 5.26 Å². The summed E-state index contributed by atoms with van der Waals surface area (Å²) < 4.78 is 0. The summed E-state index contributed by atoms with van der Waals surface area (Å²) in [5, 5.41) is 23.5. The lowest BCUT2D eigenvalue weighted by molar-refractivity contribution is -0.384. The number of carbonyl (C=O) groups excluding carboxylic acids is 1. The molecule has 1 aromatic heterocycles. The average molecular weight is 410 g/mol. The van der Waals surface area contributed by atoms with Crippen LogP contribution in [0.15, 0.2) is 66.2 Å². The van der Waals surface area contributed by atoms with Gasteiger partial charge in [-0.3, -0.25) is 14.9 Å². The average Bonchev–Trinajstić information content (AvgIpc) is 3.16. The molecule has 0 bridgehead atoms. The number of hydrogen-bond donors (Lipinski definition) is 1. The molecule has 0 unspecified atom stereocenters. The van der Waals surface area contributed by atoms with Gasteiger partial charge in [0.1, 0.15) is 11.6 Å². The van der Waals surface area contributed by atoms with Crippen LogP contribution in [0.4, 0.5) is 11.4 Å². The normalized spacial score (nSPS) is 10.9. The van der Waals surface area contributed by atoms with Crippen LogP contribution in [0, 0.1) is 21.4 Å². The first-order valence-electron chi connectivity index (χ1n) is 8.01. The lowest BCUT2D eigenvalue weighted by atomic mass is 10.1. The molecule has 3 rings (SSSR count). The summed E-state index contributed by atoms with van der Waals surface area (Å²) in [4.78, 5) is 24.4. The number of nitrogens with one attached hydrogen (secondary N) is 1. The first-order valence-corrected chi connectivity index (χ1v) is 9.20. The fourth-order valence-corrected chi connectivity index (χ4v) is 3.63. The molecule has 0 aliphatic carbocycles. The Balaban J connectivity index is 1.87. The van der Waals surface area contributed by atoms with E-state index in [1.807, 2.05) is 6.07 Å². The minimum atomic E-state index is -0.587. The number of para-hydroxylation sites is 2. The summed E-state index contributed by atoms with van der Waals surface area (Å²) in [6, 6.07) is 18.4. The number of benzene rings is 2. The van der Waals surface area contributed by atoms with E-state index in [1.165, 1.54) is 23.5 Å². The summed E-state index contributed by atoms with van der Waals surface area (Å²) in [6.45, 7) is 0. The highest BCUT2D eigenvalue weighted by molar-refractivity contribution is 7.16. The minimum Gasteiger partial charge on any atom is -0.320 e. The monoisotopic (exact) mass is 409 g/mol. The molecule has 1 N–H and O–H groups in total. The highest BCUT2D eigenvalue weighted by Crippen LogP contribution is 2.35. The third-order valence-electron chi connectivity index (χ3n) is 3.77. The Morgan fingerprint density at radius 1 is 1.14 bits per heavy atom. The first-order chi connectivity index (χ1) is 13.5. The number of nitro benzene ring substituents is 1. The SMILES string of the molecule is N#C/C(=C\c1ccc(-c2ccccc2[N+](=O)[O-])s1)C(=O)Nc1ccccc1Cl. The number of halogens is 1. The highest BCUT2D eigenvalue weighted by Gasteiger charge is 2.16. The zero-order chi connectivity index (χ0) is 20.1. The van der Waals surface area contributed by atoms with Crippen LogP contribution in [-0.4, -0.2) is 10.8 Å². The zero-order valence-electron chi connectivity index (χ0n) is 14.3. The van der Waals surface area contributed by atoms with E-state index in [2.05, 4.69) is 5.32 Å². The van der Waals surface area contributed by atoms with E-state index in [0.29, 0.717) is 26.0 Å². The van der Waals surface area contributed by atoms with Crippen LogP contribution in [-0.2, 0) is 4.79 Å². The van der Waals surface area contributed by atoms with E-state index < -0.39 is 10.8 Å². The number of hydrogen-bond acceptors (Lipinski definition) is 5. The van der Waals surface area contributed by atoms with E-state index in [0.717, 1.165) is 0 Å². The van der Waals surface area contributed by atoms with Crippen LogP contribution in [0.3, 0.4) is 0 Å². The van der Waals surface area contributed by atoms with Crippen molar-refractivity contribution in [2.24, 2.45) is 0 Å². The second-order valence-electron chi connectivity index (χ2n) is 5.58. The van der Waals surface area contributed by atoms with Crippen LogP contribution >= 0.6 is 22.9 Å². The Kier molecular flexibility index (Phi) is 5.84. The molecule has 0 saturated carbocycles. The van der Waals surface area contributed by atoms with Gasteiger partial charge in [-0.15, -0.1) is 11.3 Å². The van der Waals surface area contributed by atoms with Gasteiger partial charge < -0.3 is 5.32 Å². The maximum Gasteiger partial charge on any atom is 0.278 e. The predicted octanol–water partition coefficient (Wildman–Crippen LogP) is 5.52. The van der Waals surface area contributed by atoms with E-state index in [-0.39, 0.29) is 11.3 Å². The van der Waals surface area contributed by atoms with Crippen molar-refractivity contribution in [3.63, 3.8) is 0 Å². The molecule has 138 valence electrons. The van der Waals surface area contributed by atoms with Crippen LogP contribution in [0.25, 0.3) is 16.5 Å². The van der Waals surface area contributed by atoms with Crippen molar-refractivity contribution >= 4 is 46.3 Å². The second-order valence-corrected chi connectivity index (χ2v) is 7.10. The van der Waals surface area contributed by atoms with Crippen LogP contribution < -0.4 is 5.32 Å². The Morgan fingerprint density at radius 3 is 2.57 bits per heavy atom. The number of carbonyl (C=O) groups is 1. The topological polar surface area (TPSA) is 96.0 Å². The smallest absolute Gasteiger partial charge is 0.278 e. The van der Waals surface area contributed by atoms with Gasteiger partial charge in [0.25, 0.3) is 11.6 Å². The van der Waals surface area contributed by atoms with Gasteiger partial charge >= 0.3 is 0 Å². The van der Waals surface area contributed by atoms with Crippen LogP contribution in [0.1, 0.15) is 4.88 Å². The summed E-state index contributed by atoms with van der Waals surface area (Å²) >= 11 is 7.27. The second kappa shape index (κ2) is 8.48. The minimum absolute atomic E-state index is 0.00292. The van der Waals surface area contributed by atoms with Gasteiger partial charge in [-0.2, -0.15) is 5.26 Å². The molecular weight excluding hydrogens is 398 g/mol. The number of nitriles is 1. The van der Waals surface area contributed by atoms with Gasteiger partial charge in [0.2, 0.25) is 0 Å². The van der Waals surface area contributed by atoms with E-state index in [9.17, 15) is 20.2 Å². The van der Waals surface area contributed by atoms with Crippen LogP contribution in [0.5, 0.6) is 0 Å². The molecule has 0 spiro atoms. The number of nitrogens with zero attached hydrogens (tertiary/aromatic N) is 2. The first kappa shape index (κ1) is 19.3. The number of anilines is 1. The third-order valence-corrected chi connectivity index (χ3v) is 5.16. The molecule has 8 heteroatoms. The van der Waals surface area contributed by atoms with E-state index >= 15 is 0 Å². The molecule has 3 aromatic rings. The van der Waals surface area contributed by atoms with Crippen molar-refractivity contribution in [2.75, 3.05) is 5.32 Å². The molecular formula is C20H12ClN3O3S. The summed E-state index contributed by atoms with van der Waals surface area (Å²) in [7, 11) is 0. The van der Waals surface area contributed by atoms with Crippen molar-refractivity contribution in [1.82, 2.24) is 0 Å². The van der Waals surface area contributed by atoms with Gasteiger partial charge in [0.15, 0.2) is 0 Å². The number of thiophene rings is 1. The van der Waals surface area contributed by atoms with Gasteiger partial charge in [0.05, 0.1) is 21.2 Å². The summed E-state index contributed by atoms with van der Waals surface area (Å²) in [5.74, 6) is -0.587. The molecule has 0 atom stereocenters. The lowest BCUT2D eigenvalue weighted by Gasteiger charge is -2.05. The lowest BCUT2D eigenvalue weighted by Crippen LogP contribution is -2.13. The largest absolute Gasteiger partial charge is 0.320 e. The molecule has 0 fully saturated rings. The van der Waals surface area contributed by atoms with Gasteiger partial charge in [-0.25, -0.2) is 0 Å². The van der Waals surface area contributed by atoms with Gasteiger partial charge in [-0.05, 0) is 36.4 Å². The van der Waals surface area contributed by atoms with Crippen molar-refractivity contribution < 1.29 is 9.72 Å². The molecule has 0 radical (unpaired) electrons. The highest BCUT2D eigenvalue weighted by atomic mass is 35.5. The molecule has 0 aliphatic rings.